The first-order valence-electron chi connectivity index (χ1n) is 4.77. The zero-order chi connectivity index (χ0) is 11.5. The van der Waals surface area contributed by atoms with Gasteiger partial charge in [0.05, 0.1) is 11.0 Å². The standard InChI is InChI=1S/C11H10BrN3O/c1-8-6-15(7-14-8)11-3-2-9(5-13-11)10(16)4-12/h2-3,5-7H,4H2,1H3. The molecule has 0 amide bonds. The second kappa shape index (κ2) is 4.57. The van der Waals surface area contributed by atoms with E-state index in [2.05, 4.69) is 25.9 Å². The molecule has 0 fully saturated rings. The van der Waals surface area contributed by atoms with Gasteiger partial charge in [0.2, 0.25) is 0 Å². The number of carbonyl (C=O) groups is 1. The van der Waals surface area contributed by atoms with Crippen molar-refractivity contribution in [3.8, 4) is 5.82 Å². The highest BCUT2D eigenvalue weighted by Crippen LogP contribution is 2.08. The van der Waals surface area contributed by atoms with Crippen LogP contribution in [0.1, 0.15) is 16.1 Å². The molecule has 0 N–H and O–H groups in total. The van der Waals surface area contributed by atoms with Crippen molar-refractivity contribution in [3.05, 3.63) is 42.1 Å². The second-order valence-corrected chi connectivity index (χ2v) is 3.94. The number of pyridine rings is 1. The number of halogens is 1. The van der Waals surface area contributed by atoms with Gasteiger partial charge < -0.3 is 0 Å². The zero-order valence-electron chi connectivity index (χ0n) is 8.72. The van der Waals surface area contributed by atoms with Crippen molar-refractivity contribution in [2.75, 3.05) is 5.33 Å². The lowest BCUT2D eigenvalue weighted by Crippen LogP contribution is -2.02. The molecule has 2 rings (SSSR count). The summed E-state index contributed by atoms with van der Waals surface area (Å²) in [6, 6.07) is 3.57. The van der Waals surface area contributed by atoms with Crippen molar-refractivity contribution in [1.82, 2.24) is 14.5 Å². The number of carbonyl (C=O) groups excluding carboxylic acids is 1. The van der Waals surface area contributed by atoms with Gasteiger partial charge in [-0.2, -0.15) is 0 Å². The number of hydrogen-bond acceptors (Lipinski definition) is 3. The van der Waals surface area contributed by atoms with Crippen LogP contribution in [0, 0.1) is 6.92 Å². The largest absolute Gasteiger partial charge is 0.293 e. The topological polar surface area (TPSA) is 47.8 Å². The van der Waals surface area contributed by atoms with Gasteiger partial charge in [0, 0.05) is 18.0 Å². The molecule has 0 saturated carbocycles. The molecule has 2 heterocycles. The number of ketones is 1. The lowest BCUT2D eigenvalue weighted by molar-refractivity contribution is 0.102. The van der Waals surface area contributed by atoms with Crippen molar-refractivity contribution in [3.63, 3.8) is 0 Å². The molecule has 16 heavy (non-hydrogen) atoms. The molecule has 2 aromatic rings. The minimum Gasteiger partial charge on any atom is -0.293 e. The summed E-state index contributed by atoms with van der Waals surface area (Å²) >= 11 is 3.13. The van der Waals surface area contributed by atoms with E-state index in [1.54, 1.807) is 24.7 Å². The van der Waals surface area contributed by atoms with Gasteiger partial charge in [-0.05, 0) is 19.1 Å². The molecule has 0 bridgehead atoms. The molecule has 0 saturated heterocycles. The van der Waals surface area contributed by atoms with E-state index in [1.807, 2.05) is 17.7 Å². The van der Waals surface area contributed by atoms with E-state index in [-0.39, 0.29) is 5.78 Å². The molecule has 0 aromatic carbocycles. The van der Waals surface area contributed by atoms with Crippen molar-refractivity contribution >= 4 is 21.7 Å². The molecule has 0 aliphatic heterocycles. The van der Waals surface area contributed by atoms with Crippen molar-refractivity contribution in [2.45, 2.75) is 6.92 Å². The van der Waals surface area contributed by atoms with Gasteiger partial charge in [-0.15, -0.1) is 0 Å². The summed E-state index contributed by atoms with van der Waals surface area (Å²) in [5.41, 5.74) is 1.54. The summed E-state index contributed by atoms with van der Waals surface area (Å²) in [4.78, 5) is 19.7. The molecule has 0 aliphatic rings. The molecule has 4 nitrogen and oxygen atoms in total. The zero-order valence-corrected chi connectivity index (χ0v) is 10.3. The van der Waals surface area contributed by atoms with Crippen LogP contribution in [0.2, 0.25) is 0 Å². The maximum absolute atomic E-state index is 11.4. The second-order valence-electron chi connectivity index (χ2n) is 3.38. The molecular formula is C11H10BrN3O. The number of imidazole rings is 1. The Bertz CT molecular complexity index is 504. The van der Waals surface area contributed by atoms with Crippen LogP contribution in [-0.2, 0) is 0 Å². The highest BCUT2D eigenvalue weighted by Gasteiger charge is 2.05. The van der Waals surface area contributed by atoms with Crippen molar-refractivity contribution in [2.24, 2.45) is 0 Å². The Morgan fingerprint density at radius 1 is 1.44 bits per heavy atom. The van der Waals surface area contributed by atoms with Crippen LogP contribution in [0.15, 0.2) is 30.9 Å². The highest BCUT2D eigenvalue weighted by molar-refractivity contribution is 9.09. The predicted octanol–water partition coefficient (Wildman–Crippen LogP) is 2.15. The molecule has 2 aromatic heterocycles. The molecule has 0 aliphatic carbocycles. The first-order chi connectivity index (χ1) is 7.70. The quantitative estimate of drug-likeness (QED) is 0.639. The van der Waals surface area contributed by atoms with Gasteiger partial charge >= 0.3 is 0 Å². The Balaban J connectivity index is 2.29. The summed E-state index contributed by atoms with van der Waals surface area (Å²) in [7, 11) is 0. The van der Waals surface area contributed by atoms with E-state index >= 15 is 0 Å². The monoisotopic (exact) mass is 279 g/mol. The van der Waals surface area contributed by atoms with E-state index in [4.69, 9.17) is 0 Å². The van der Waals surface area contributed by atoms with Crippen LogP contribution in [0.25, 0.3) is 5.82 Å². The van der Waals surface area contributed by atoms with E-state index in [9.17, 15) is 4.79 Å². The summed E-state index contributed by atoms with van der Waals surface area (Å²) in [5.74, 6) is 0.785. The maximum Gasteiger partial charge on any atom is 0.174 e. The summed E-state index contributed by atoms with van der Waals surface area (Å²) in [6.45, 7) is 1.92. The number of alkyl halides is 1. The Morgan fingerprint density at radius 2 is 2.25 bits per heavy atom. The molecule has 0 radical (unpaired) electrons. The van der Waals surface area contributed by atoms with Crippen molar-refractivity contribution < 1.29 is 4.79 Å². The highest BCUT2D eigenvalue weighted by atomic mass is 79.9. The predicted molar refractivity (Wildman–Crippen MR) is 64.2 cm³/mol. The average Bonchev–Trinajstić information content (AvgIpc) is 2.75. The minimum absolute atomic E-state index is 0.0286. The number of rotatable bonds is 3. The number of Topliss-reactive ketones (excluding diaryl/α,β-unsaturated/α-hetero) is 1. The van der Waals surface area contributed by atoms with Crippen LogP contribution in [0.5, 0.6) is 0 Å². The molecule has 0 unspecified atom stereocenters. The summed E-state index contributed by atoms with van der Waals surface area (Å²) in [5, 5.41) is 0.318. The van der Waals surface area contributed by atoms with Crippen LogP contribution >= 0.6 is 15.9 Å². The van der Waals surface area contributed by atoms with E-state index in [1.165, 1.54) is 0 Å². The van der Waals surface area contributed by atoms with Gasteiger partial charge in [-0.25, -0.2) is 9.97 Å². The summed E-state index contributed by atoms with van der Waals surface area (Å²) in [6.07, 6.45) is 5.16. The number of nitrogens with zero attached hydrogens (tertiary/aromatic N) is 3. The Hall–Kier alpha value is -1.49. The fraction of sp³-hybridized carbons (Fsp3) is 0.182. The lowest BCUT2D eigenvalue weighted by Gasteiger charge is -2.01. The van der Waals surface area contributed by atoms with Gasteiger partial charge in [0.1, 0.15) is 12.1 Å². The molecule has 0 atom stereocenters. The first-order valence-corrected chi connectivity index (χ1v) is 5.89. The average molecular weight is 280 g/mol. The smallest absolute Gasteiger partial charge is 0.174 e. The van der Waals surface area contributed by atoms with Gasteiger partial charge in [0.15, 0.2) is 5.78 Å². The Morgan fingerprint density at radius 3 is 2.75 bits per heavy atom. The normalized spacial score (nSPS) is 10.4. The fourth-order valence-corrected chi connectivity index (χ4v) is 1.65. The van der Waals surface area contributed by atoms with E-state index < -0.39 is 0 Å². The third kappa shape index (κ3) is 2.19. The number of aryl methyl sites for hydroxylation is 1. The molecule has 5 heteroatoms. The molecule has 82 valence electrons. The third-order valence-corrected chi connectivity index (χ3v) is 2.68. The van der Waals surface area contributed by atoms with E-state index in [0.29, 0.717) is 10.9 Å². The van der Waals surface area contributed by atoms with Gasteiger partial charge in [0.25, 0.3) is 0 Å². The lowest BCUT2D eigenvalue weighted by atomic mass is 10.2. The van der Waals surface area contributed by atoms with Crippen molar-refractivity contribution in [1.29, 1.82) is 0 Å². The molecule has 0 spiro atoms. The summed E-state index contributed by atoms with van der Waals surface area (Å²) < 4.78 is 1.82. The fourth-order valence-electron chi connectivity index (χ4n) is 1.33. The Labute approximate surface area is 101 Å². The SMILES string of the molecule is Cc1cn(-c2ccc(C(=O)CBr)cn2)cn1. The van der Waals surface area contributed by atoms with E-state index in [0.717, 1.165) is 11.5 Å². The molecular weight excluding hydrogens is 270 g/mol. The Kier molecular flexibility index (Phi) is 3.14. The third-order valence-electron chi connectivity index (χ3n) is 2.17. The van der Waals surface area contributed by atoms with Crippen LogP contribution in [0.3, 0.4) is 0 Å². The minimum atomic E-state index is 0.0286. The van der Waals surface area contributed by atoms with Crippen LogP contribution < -0.4 is 0 Å². The number of hydrogen-bond donors (Lipinski definition) is 0. The maximum atomic E-state index is 11.4. The van der Waals surface area contributed by atoms with Gasteiger partial charge in [-0.1, -0.05) is 15.9 Å². The first kappa shape index (κ1) is 11.0. The van der Waals surface area contributed by atoms with Gasteiger partial charge in [-0.3, -0.25) is 9.36 Å². The van der Waals surface area contributed by atoms with Crippen LogP contribution in [0.4, 0.5) is 0 Å². The van der Waals surface area contributed by atoms with Crippen LogP contribution in [-0.4, -0.2) is 25.6 Å². The number of aromatic nitrogens is 3.